The van der Waals surface area contributed by atoms with Gasteiger partial charge >= 0.3 is 0 Å². The van der Waals surface area contributed by atoms with E-state index in [-0.39, 0.29) is 11.8 Å². The number of carbonyl (C=O) groups excluding carboxylic acids is 1. The van der Waals surface area contributed by atoms with Gasteiger partial charge in [0.05, 0.1) is 0 Å². The molecule has 0 saturated heterocycles. The molecule has 0 saturated carbocycles. The molecule has 0 aromatic heterocycles. The van der Waals surface area contributed by atoms with Crippen LogP contribution in [0.1, 0.15) is 33.1 Å². The molecule has 12 heavy (non-hydrogen) atoms. The molecule has 0 aliphatic heterocycles. The largest absolute Gasteiger partial charge is 0.355 e. The molecule has 0 unspecified atom stereocenters. The van der Waals surface area contributed by atoms with E-state index in [1.54, 1.807) is 0 Å². The first-order chi connectivity index (χ1) is 5.76. The Morgan fingerprint density at radius 1 is 1.50 bits per heavy atom. The Hall–Kier alpha value is -0.570. The van der Waals surface area contributed by atoms with Gasteiger partial charge in [-0.25, -0.2) is 0 Å². The summed E-state index contributed by atoms with van der Waals surface area (Å²) in [7, 11) is 0. The maximum absolute atomic E-state index is 11.4. The summed E-state index contributed by atoms with van der Waals surface area (Å²) in [5, 5.41) is 2.80. The topological polar surface area (TPSA) is 55.1 Å². The first-order valence-corrected chi connectivity index (χ1v) is 4.74. The summed E-state index contributed by atoms with van der Waals surface area (Å²) >= 11 is 0. The third-order valence-electron chi connectivity index (χ3n) is 1.94. The molecule has 1 amide bonds. The fourth-order valence-corrected chi connectivity index (χ4v) is 1.21. The van der Waals surface area contributed by atoms with Crippen LogP contribution in [0, 0.1) is 5.92 Å². The second kappa shape index (κ2) is 7.10. The standard InChI is InChI=1S/C9H20N2O/c1-3-5-8(4-2)9(12)11-7-6-10/h8H,3-7,10H2,1-2H3,(H,11,12)/t8-/m1/s1. The second-order valence-electron chi connectivity index (χ2n) is 2.97. The highest BCUT2D eigenvalue weighted by Gasteiger charge is 2.13. The highest BCUT2D eigenvalue weighted by Crippen LogP contribution is 2.09. The van der Waals surface area contributed by atoms with E-state index in [9.17, 15) is 4.79 Å². The average Bonchev–Trinajstić information content (AvgIpc) is 2.10. The van der Waals surface area contributed by atoms with Gasteiger partial charge in [0.2, 0.25) is 5.91 Å². The predicted molar refractivity (Wildman–Crippen MR) is 50.8 cm³/mol. The van der Waals surface area contributed by atoms with E-state index < -0.39 is 0 Å². The van der Waals surface area contributed by atoms with Gasteiger partial charge in [-0.05, 0) is 12.8 Å². The second-order valence-corrected chi connectivity index (χ2v) is 2.97. The number of nitrogens with one attached hydrogen (secondary N) is 1. The van der Waals surface area contributed by atoms with E-state index in [2.05, 4.69) is 12.2 Å². The third-order valence-corrected chi connectivity index (χ3v) is 1.94. The van der Waals surface area contributed by atoms with Gasteiger partial charge in [-0.2, -0.15) is 0 Å². The van der Waals surface area contributed by atoms with Crippen molar-refractivity contribution in [3.8, 4) is 0 Å². The number of hydrogen-bond acceptors (Lipinski definition) is 2. The van der Waals surface area contributed by atoms with Crippen LogP contribution in [-0.2, 0) is 4.79 Å². The molecule has 0 heterocycles. The van der Waals surface area contributed by atoms with Crippen LogP contribution in [0.5, 0.6) is 0 Å². The zero-order valence-electron chi connectivity index (χ0n) is 8.10. The molecule has 0 rings (SSSR count). The molecule has 1 atom stereocenters. The molecule has 0 aromatic rings. The molecule has 0 spiro atoms. The van der Waals surface area contributed by atoms with E-state index in [1.165, 1.54) is 0 Å². The molecule has 72 valence electrons. The molecule has 3 nitrogen and oxygen atoms in total. The number of carbonyl (C=O) groups is 1. The Morgan fingerprint density at radius 2 is 2.17 bits per heavy atom. The summed E-state index contributed by atoms with van der Waals surface area (Å²) in [6.45, 7) is 5.26. The molecule has 3 heteroatoms. The van der Waals surface area contributed by atoms with Crippen molar-refractivity contribution in [1.82, 2.24) is 5.32 Å². The van der Waals surface area contributed by atoms with E-state index in [1.807, 2.05) is 6.92 Å². The SMILES string of the molecule is CCC[C@@H](CC)C(=O)NCCN. The van der Waals surface area contributed by atoms with Crippen molar-refractivity contribution in [3.63, 3.8) is 0 Å². The van der Waals surface area contributed by atoms with Crippen molar-refractivity contribution in [1.29, 1.82) is 0 Å². The highest BCUT2D eigenvalue weighted by atomic mass is 16.1. The van der Waals surface area contributed by atoms with Gasteiger partial charge in [0.15, 0.2) is 0 Å². The van der Waals surface area contributed by atoms with E-state index in [0.717, 1.165) is 19.3 Å². The zero-order valence-corrected chi connectivity index (χ0v) is 8.10. The van der Waals surface area contributed by atoms with Crippen molar-refractivity contribution in [3.05, 3.63) is 0 Å². The Balaban J connectivity index is 3.69. The lowest BCUT2D eigenvalue weighted by molar-refractivity contribution is -0.125. The van der Waals surface area contributed by atoms with Gasteiger partial charge in [-0.15, -0.1) is 0 Å². The lowest BCUT2D eigenvalue weighted by Gasteiger charge is -2.12. The maximum atomic E-state index is 11.4. The van der Waals surface area contributed by atoms with E-state index in [4.69, 9.17) is 5.73 Å². The summed E-state index contributed by atoms with van der Waals surface area (Å²) in [6.07, 6.45) is 2.96. The van der Waals surface area contributed by atoms with Gasteiger partial charge < -0.3 is 11.1 Å². The van der Waals surface area contributed by atoms with Gasteiger partial charge in [0.1, 0.15) is 0 Å². The fourth-order valence-electron chi connectivity index (χ4n) is 1.21. The van der Waals surface area contributed by atoms with Crippen LogP contribution in [-0.4, -0.2) is 19.0 Å². The maximum Gasteiger partial charge on any atom is 0.223 e. The Kier molecular flexibility index (Phi) is 6.76. The summed E-state index contributed by atoms with van der Waals surface area (Å²) in [5.41, 5.74) is 5.28. The summed E-state index contributed by atoms with van der Waals surface area (Å²) in [5.74, 6) is 0.339. The number of amides is 1. The van der Waals surface area contributed by atoms with Crippen molar-refractivity contribution in [2.45, 2.75) is 33.1 Å². The third kappa shape index (κ3) is 4.34. The molecule has 0 fully saturated rings. The van der Waals surface area contributed by atoms with Crippen LogP contribution < -0.4 is 11.1 Å². The van der Waals surface area contributed by atoms with Crippen LogP contribution in [0.25, 0.3) is 0 Å². The fraction of sp³-hybridized carbons (Fsp3) is 0.889. The van der Waals surface area contributed by atoms with Crippen molar-refractivity contribution < 1.29 is 4.79 Å². The summed E-state index contributed by atoms with van der Waals surface area (Å²) in [4.78, 5) is 11.4. The van der Waals surface area contributed by atoms with Crippen LogP contribution in [0.3, 0.4) is 0 Å². The minimum absolute atomic E-state index is 0.157. The van der Waals surface area contributed by atoms with Crippen LogP contribution in [0.4, 0.5) is 0 Å². The van der Waals surface area contributed by atoms with Gasteiger partial charge in [0, 0.05) is 19.0 Å². The van der Waals surface area contributed by atoms with E-state index in [0.29, 0.717) is 13.1 Å². The van der Waals surface area contributed by atoms with E-state index >= 15 is 0 Å². The van der Waals surface area contributed by atoms with Crippen LogP contribution >= 0.6 is 0 Å². The molecule has 3 N–H and O–H groups in total. The normalized spacial score (nSPS) is 12.6. The monoisotopic (exact) mass is 172 g/mol. The minimum Gasteiger partial charge on any atom is -0.355 e. The van der Waals surface area contributed by atoms with Gasteiger partial charge in [0.25, 0.3) is 0 Å². The average molecular weight is 172 g/mol. The Bertz CT molecular complexity index is 126. The molecule has 0 bridgehead atoms. The number of nitrogens with two attached hydrogens (primary N) is 1. The summed E-state index contributed by atoms with van der Waals surface area (Å²) in [6, 6.07) is 0. The van der Waals surface area contributed by atoms with Gasteiger partial charge in [-0.3, -0.25) is 4.79 Å². The Morgan fingerprint density at radius 3 is 2.58 bits per heavy atom. The smallest absolute Gasteiger partial charge is 0.223 e. The Labute approximate surface area is 74.7 Å². The lowest BCUT2D eigenvalue weighted by atomic mass is 10.00. The van der Waals surface area contributed by atoms with Crippen molar-refractivity contribution in [2.24, 2.45) is 11.7 Å². The molecular weight excluding hydrogens is 152 g/mol. The van der Waals surface area contributed by atoms with Gasteiger partial charge in [-0.1, -0.05) is 20.3 Å². The van der Waals surface area contributed by atoms with Crippen molar-refractivity contribution in [2.75, 3.05) is 13.1 Å². The van der Waals surface area contributed by atoms with Crippen molar-refractivity contribution >= 4 is 5.91 Å². The summed E-state index contributed by atoms with van der Waals surface area (Å²) < 4.78 is 0. The molecule has 0 radical (unpaired) electrons. The molecule has 0 aromatic carbocycles. The first-order valence-electron chi connectivity index (χ1n) is 4.74. The quantitative estimate of drug-likeness (QED) is 0.625. The molecule has 0 aliphatic carbocycles. The lowest BCUT2D eigenvalue weighted by Crippen LogP contribution is -2.34. The molecule has 0 aliphatic rings. The predicted octanol–water partition coefficient (Wildman–Crippen LogP) is 0.888. The number of hydrogen-bond donors (Lipinski definition) is 2. The molecular formula is C9H20N2O. The van der Waals surface area contributed by atoms with Crippen LogP contribution in [0.2, 0.25) is 0 Å². The first kappa shape index (κ1) is 11.4. The van der Waals surface area contributed by atoms with Crippen LogP contribution in [0.15, 0.2) is 0 Å². The minimum atomic E-state index is 0.157. The highest BCUT2D eigenvalue weighted by molar-refractivity contribution is 5.78. The number of rotatable bonds is 6. The zero-order chi connectivity index (χ0) is 9.40.